The monoisotopic (exact) mass is 378 g/mol. The van der Waals surface area contributed by atoms with Crippen molar-refractivity contribution in [1.82, 2.24) is 24.4 Å². The molecule has 7 nitrogen and oxygen atoms in total. The molecular formula is C21H26N6O. The molecule has 1 atom stereocenters. The second-order valence-electron chi connectivity index (χ2n) is 7.29. The summed E-state index contributed by atoms with van der Waals surface area (Å²) in [7, 11) is 1.87. The van der Waals surface area contributed by atoms with Gasteiger partial charge in [-0.3, -0.25) is 4.79 Å². The molecule has 3 heterocycles. The molecule has 1 aliphatic heterocycles. The van der Waals surface area contributed by atoms with E-state index in [4.69, 9.17) is 4.98 Å². The van der Waals surface area contributed by atoms with E-state index in [1.807, 2.05) is 36.2 Å². The molecule has 1 aromatic carbocycles. The molecule has 0 N–H and O–H groups in total. The number of carbonyl (C=O) groups is 1. The van der Waals surface area contributed by atoms with Crippen molar-refractivity contribution in [2.24, 2.45) is 5.92 Å². The largest absolute Gasteiger partial charge is 0.340 e. The number of anilines is 1. The zero-order valence-electron chi connectivity index (χ0n) is 16.5. The topological polar surface area (TPSA) is 67.2 Å². The minimum Gasteiger partial charge on any atom is -0.340 e. The summed E-state index contributed by atoms with van der Waals surface area (Å²) in [6, 6.07) is 9.93. The van der Waals surface area contributed by atoms with Gasteiger partial charge in [0, 0.05) is 39.1 Å². The predicted octanol–water partition coefficient (Wildman–Crippen LogP) is 2.72. The van der Waals surface area contributed by atoms with Crippen LogP contribution in [0.15, 0.2) is 42.7 Å². The Morgan fingerprint density at radius 1 is 1.21 bits per heavy atom. The van der Waals surface area contributed by atoms with Crippen molar-refractivity contribution in [3.05, 3.63) is 48.5 Å². The van der Waals surface area contributed by atoms with Crippen LogP contribution >= 0.6 is 0 Å². The normalized spacial score (nSPS) is 17.1. The molecule has 146 valence electrons. The van der Waals surface area contributed by atoms with Gasteiger partial charge in [0.2, 0.25) is 11.9 Å². The predicted molar refractivity (Wildman–Crippen MR) is 109 cm³/mol. The van der Waals surface area contributed by atoms with Crippen molar-refractivity contribution in [3.63, 3.8) is 0 Å². The van der Waals surface area contributed by atoms with Gasteiger partial charge in [-0.25, -0.2) is 15.0 Å². The first-order valence-corrected chi connectivity index (χ1v) is 9.88. The maximum Gasteiger partial charge on any atom is 0.227 e. The van der Waals surface area contributed by atoms with Gasteiger partial charge in [0.1, 0.15) is 5.82 Å². The van der Waals surface area contributed by atoms with Gasteiger partial charge in [0.15, 0.2) is 0 Å². The second-order valence-corrected chi connectivity index (χ2v) is 7.29. The third kappa shape index (κ3) is 3.56. The highest BCUT2D eigenvalue weighted by Crippen LogP contribution is 2.23. The summed E-state index contributed by atoms with van der Waals surface area (Å²) < 4.78 is 2.18. The van der Waals surface area contributed by atoms with E-state index in [0.29, 0.717) is 19.0 Å². The Bertz CT molecular complexity index is 954. The highest BCUT2D eigenvalue weighted by molar-refractivity contribution is 5.80. The van der Waals surface area contributed by atoms with Gasteiger partial charge >= 0.3 is 0 Å². The zero-order valence-corrected chi connectivity index (χ0v) is 16.5. The zero-order chi connectivity index (χ0) is 19.5. The molecule has 2 aromatic heterocycles. The molecule has 0 spiro atoms. The minimum atomic E-state index is -0.0398. The molecular weight excluding hydrogens is 352 g/mol. The highest BCUT2D eigenvalue weighted by atomic mass is 16.2. The van der Waals surface area contributed by atoms with E-state index in [9.17, 15) is 4.79 Å². The summed E-state index contributed by atoms with van der Waals surface area (Å²) in [4.78, 5) is 30.5. The number of amides is 1. The third-order valence-corrected chi connectivity index (χ3v) is 5.41. The number of carbonyl (C=O) groups excluding carboxylic acids is 1. The lowest BCUT2D eigenvalue weighted by Gasteiger charge is -2.33. The summed E-state index contributed by atoms with van der Waals surface area (Å²) >= 11 is 0. The summed E-state index contributed by atoms with van der Waals surface area (Å²) in [5.74, 6) is 1.76. The summed E-state index contributed by atoms with van der Waals surface area (Å²) in [6.07, 6.45) is 5.36. The van der Waals surface area contributed by atoms with E-state index in [1.165, 1.54) is 0 Å². The lowest BCUT2D eigenvalue weighted by atomic mass is 9.97. The standard InChI is InChI=1S/C21H26N6O/c1-3-27-18-10-5-4-9-17(18)24-19(27)15-25(2)20(28)16-8-6-13-26(14-16)21-22-11-7-12-23-21/h4-5,7,9-12,16H,3,6,8,13-15H2,1-2H3. The lowest BCUT2D eigenvalue weighted by Crippen LogP contribution is -2.44. The van der Waals surface area contributed by atoms with Gasteiger partial charge in [-0.15, -0.1) is 0 Å². The van der Waals surface area contributed by atoms with E-state index in [0.717, 1.165) is 42.8 Å². The van der Waals surface area contributed by atoms with Crippen LogP contribution < -0.4 is 4.90 Å². The Kier molecular flexibility index (Phi) is 5.23. The van der Waals surface area contributed by atoms with Crippen LogP contribution in [0.5, 0.6) is 0 Å². The van der Waals surface area contributed by atoms with Crippen molar-refractivity contribution in [2.45, 2.75) is 32.9 Å². The summed E-state index contributed by atoms with van der Waals surface area (Å²) in [5.41, 5.74) is 2.09. The van der Waals surface area contributed by atoms with E-state index in [1.54, 1.807) is 12.4 Å². The fourth-order valence-electron chi connectivity index (χ4n) is 4.02. The van der Waals surface area contributed by atoms with Crippen LogP contribution in [0.3, 0.4) is 0 Å². The average Bonchev–Trinajstić information content (AvgIpc) is 3.10. The maximum absolute atomic E-state index is 13.1. The molecule has 1 unspecified atom stereocenters. The Morgan fingerprint density at radius 2 is 2.00 bits per heavy atom. The second kappa shape index (κ2) is 7.96. The number of hydrogen-bond acceptors (Lipinski definition) is 5. The van der Waals surface area contributed by atoms with Crippen LogP contribution in [0.1, 0.15) is 25.6 Å². The first-order chi connectivity index (χ1) is 13.7. The molecule has 7 heteroatoms. The Morgan fingerprint density at radius 3 is 2.79 bits per heavy atom. The summed E-state index contributed by atoms with van der Waals surface area (Å²) in [6.45, 7) is 5.01. The molecule has 28 heavy (non-hydrogen) atoms. The van der Waals surface area contributed by atoms with Gasteiger partial charge < -0.3 is 14.4 Å². The number of imidazole rings is 1. The molecule has 0 radical (unpaired) electrons. The molecule has 0 aliphatic carbocycles. The van der Waals surface area contributed by atoms with E-state index >= 15 is 0 Å². The number of piperidine rings is 1. The number of aromatic nitrogens is 4. The van der Waals surface area contributed by atoms with Crippen molar-refractivity contribution in [3.8, 4) is 0 Å². The van der Waals surface area contributed by atoms with Crippen molar-refractivity contribution in [1.29, 1.82) is 0 Å². The van der Waals surface area contributed by atoms with Crippen molar-refractivity contribution >= 4 is 22.9 Å². The van der Waals surface area contributed by atoms with Gasteiger partial charge in [-0.05, 0) is 38.0 Å². The van der Waals surface area contributed by atoms with Crippen molar-refractivity contribution < 1.29 is 4.79 Å². The van der Waals surface area contributed by atoms with Gasteiger partial charge in [0.05, 0.1) is 23.5 Å². The molecule has 3 aromatic rings. The maximum atomic E-state index is 13.1. The Balaban J connectivity index is 1.48. The Labute approximate surface area is 165 Å². The Hall–Kier alpha value is -2.96. The van der Waals surface area contributed by atoms with Gasteiger partial charge in [-0.2, -0.15) is 0 Å². The number of benzene rings is 1. The van der Waals surface area contributed by atoms with E-state index < -0.39 is 0 Å². The fraction of sp³-hybridized carbons (Fsp3) is 0.429. The number of fused-ring (bicyclic) bond motifs is 1. The molecule has 1 fully saturated rings. The molecule has 1 aliphatic rings. The number of aryl methyl sites for hydroxylation is 1. The summed E-state index contributed by atoms with van der Waals surface area (Å²) in [5, 5.41) is 0. The lowest BCUT2D eigenvalue weighted by molar-refractivity contribution is -0.135. The average molecular weight is 378 g/mol. The minimum absolute atomic E-state index is 0.0398. The van der Waals surface area contributed by atoms with Crippen LogP contribution in [0.4, 0.5) is 5.95 Å². The van der Waals surface area contributed by atoms with E-state index in [-0.39, 0.29) is 11.8 Å². The third-order valence-electron chi connectivity index (χ3n) is 5.41. The number of hydrogen-bond donors (Lipinski definition) is 0. The first-order valence-electron chi connectivity index (χ1n) is 9.88. The number of rotatable bonds is 5. The molecule has 0 saturated carbocycles. The number of para-hydroxylation sites is 2. The van der Waals surface area contributed by atoms with Gasteiger partial charge in [-0.1, -0.05) is 12.1 Å². The fourth-order valence-corrected chi connectivity index (χ4v) is 4.02. The van der Waals surface area contributed by atoms with Crippen molar-refractivity contribution in [2.75, 3.05) is 25.0 Å². The van der Waals surface area contributed by atoms with Crippen LogP contribution in [-0.2, 0) is 17.9 Å². The smallest absolute Gasteiger partial charge is 0.227 e. The van der Waals surface area contributed by atoms with Crippen LogP contribution in [0.2, 0.25) is 0 Å². The molecule has 1 amide bonds. The SMILES string of the molecule is CCn1c(CN(C)C(=O)C2CCCN(c3ncccn3)C2)nc2ccccc21. The molecule has 0 bridgehead atoms. The molecule has 1 saturated heterocycles. The van der Waals surface area contributed by atoms with E-state index in [2.05, 4.69) is 32.4 Å². The quantitative estimate of drug-likeness (QED) is 0.683. The first kappa shape index (κ1) is 18.4. The number of nitrogens with zero attached hydrogens (tertiary/aromatic N) is 6. The van der Waals surface area contributed by atoms with Crippen LogP contribution in [-0.4, -0.2) is 50.5 Å². The molecule has 4 rings (SSSR count). The van der Waals surface area contributed by atoms with Crippen LogP contribution in [0.25, 0.3) is 11.0 Å². The highest BCUT2D eigenvalue weighted by Gasteiger charge is 2.29. The van der Waals surface area contributed by atoms with Gasteiger partial charge in [0.25, 0.3) is 0 Å². The van der Waals surface area contributed by atoms with Crippen LogP contribution in [0, 0.1) is 5.92 Å².